The number of rotatable bonds is 5. The topological polar surface area (TPSA) is 38.7 Å². The van der Waals surface area contributed by atoms with E-state index in [0.29, 0.717) is 5.92 Å². The molecule has 0 amide bonds. The largest absolute Gasteiger partial charge is 0.496 e. The lowest BCUT2D eigenvalue weighted by Crippen LogP contribution is -2.05. The fraction of sp³-hybridized carbons (Fsp3) is 0.533. The van der Waals surface area contributed by atoms with Gasteiger partial charge < -0.3 is 4.74 Å². The minimum absolute atomic E-state index is 0.133. The summed E-state index contributed by atoms with van der Waals surface area (Å²) in [6, 6.07) is 5.86. The zero-order valence-electron chi connectivity index (χ0n) is 11.7. The van der Waals surface area contributed by atoms with Gasteiger partial charge in [-0.2, -0.15) is 4.99 Å². The fourth-order valence-corrected chi connectivity index (χ4v) is 2.05. The fourth-order valence-electron chi connectivity index (χ4n) is 2.05. The Morgan fingerprint density at radius 2 is 1.89 bits per heavy atom. The number of aliphatic imine (C=N–C) groups is 1. The molecule has 3 heteroatoms. The minimum atomic E-state index is -0.133. The van der Waals surface area contributed by atoms with E-state index in [-0.39, 0.29) is 12.0 Å². The summed E-state index contributed by atoms with van der Waals surface area (Å²) in [5, 5.41) is 0. The van der Waals surface area contributed by atoms with Crippen molar-refractivity contribution in [3.8, 4) is 5.75 Å². The van der Waals surface area contributed by atoms with E-state index in [9.17, 15) is 4.79 Å². The number of hydrogen-bond donors (Lipinski definition) is 0. The van der Waals surface area contributed by atoms with E-state index in [4.69, 9.17) is 4.74 Å². The summed E-state index contributed by atoms with van der Waals surface area (Å²) in [7, 11) is 1.67. The normalized spacial score (nSPS) is 12.4. The van der Waals surface area contributed by atoms with Gasteiger partial charge in [-0.3, -0.25) is 0 Å². The third-order valence-corrected chi connectivity index (χ3v) is 3.04. The maximum atomic E-state index is 10.5. The highest BCUT2D eigenvalue weighted by Gasteiger charge is 2.17. The maximum absolute atomic E-state index is 10.5. The quantitative estimate of drug-likeness (QED) is 0.585. The first-order chi connectivity index (χ1) is 8.51. The molecule has 0 spiro atoms. The molecule has 0 fully saturated rings. The molecule has 0 saturated heterocycles. The van der Waals surface area contributed by atoms with E-state index < -0.39 is 0 Å². The van der Waals surface area contributed by atoms with Gasteiger partial charge in [-0.15, -0.1) is 0 Å². The van der Waals surface area contributed by atoms with Gasteiger partial charge in [0.2, 0.25) is 6.08 Å². The van der Waals surface area contributed by atoms with Crippen molar-refractivity contribution >= 4 is 6.08 Å². The van der Waals surface area contributed by atoms with Crippen molar-refractivity contribution in [2.75, 3.05) is 7.11 Å². The van der Waals surface area contributed by atoms with Crippen LogP contribution in [0.5, 0.6) is 5.75 Å². The lowest BCUT2D eigenvalue weighted by Gasteiger charge is -2.19. The van der Waals surface area contributed by atoms with Crippen molar-refractivity contribution in [3.05, 3.63) is 29.3 Å². The number of benzene rings is 1. The van der Waals surface area contributed by atoms with Crippen molar-refractivity contribution < 1.29 is 9.53 Å². The van der Waals surface area contributed by atoms with Crippen LogP contribution in [-0.4, -0.2) is 13.2 Å². The molecule has 18 heavy (non-hydrogen) atoms. The van der Waals surface area contributed by atoms with Crippen LogP contribution in [0.4, 0.5) is 0 Å². The molecule has 1 aromatic carbocycles. The first kappa shape index (κ1) is 14.5. The Morgan fingerprint density at radius 3 is 2.33 bits per heavy atom. The van der Waals surface area contributed by atoms with E-state index in [1.807, 2.05) is 26.0 Å². The standard InChI is InChI=1S/C15H21NO2/c1-10(2)13-8-12(6-7-14(13)18-5)15(11(3)4)16-9-17/h6-8,10-11,15H,1-5H3. The van der Waals surface area contributed by atoms with Crippen LogP contribution in [0.3, 0.4) is 0 Å². The monoisotopic (exact) mass is 247 g/mol. The third-order valence-electron chi connectivity index (χ3n) is 3.04. The number of carbonyl (C=O) groups excluding carboxylic acids is 1. The Labute approximate surface area is 109 Å². The molecule has 0 bridgehead atoms. The summed E-state index contributed by atoms with van der Waals surface area (Å²) >= 11 is 0. The molecule has 1 aromatic rings. The molecule has 0 aliphatic rings. The Bertz CT molecular complexity index is 446. The zero-order chi connectivity index (χ0) is 13.7. The van der Waals surface area contributed by atoms with Gasteiger partial charge in [-0.25, -0.2) is 4.79 Å². The summed E-state index contributed by atoms with van der Waals surface area (Å²) < 4.78 is 5.35. The molecule has 0 heterocycles. The van der Waals surface area contributed by atoms with Gasteiger partial charge in [-0.1, -0.05) is 33.8 Å². The van der Waals surface area contributed by atoms with Crippen molar-refractivity contribution in [1.82, 2.24) is 0 Å². The van der Waals surface area contributed by atoms with E-state index in [2.05, 4.69) is 24.9 Å². The van der Waals surface area contributed by atoms with Crippen molar-refractivity contribution in [2.24, 2.45) is 10.9 Å². The average Bonchev–Trinajstić information content (AvgIpc) is 2.34. The molecule has 0 N–H and O–H groups in total. The highest BCUT2D eigenvalue weighted by molar-refractivity contribution is 5.42. The molecule has 3 nitrogen and oxygen atoms in total. The lowest BCUT2D eigenvalue weighted by molar-refractivity contribution is 0.406. The first-order valence-electron chi connectivity index (χ1n) is 6.26. The van der Waals surface area contributed by atoms with Gasteiger partial charge in [0.15, 0.2) is 0 Å². The van der Waals surface area contributed by atoms with E-state index >= 15 is 0 Å². The highest BCUT2D eigenvalue weighted by atomic mass is 16.5. The smallest absolute Gasteiger partial charge is 0.235 e. The second kappa shape index (κ2) is 6.36. The average molecular weight is 247 g/mol. The van der Waals surface area contributed by atoms with Gasteiger partial charge in [0.25, 0.3) is 0 Å². The summed E-state index contributed by atoms with van der Waals surface area (Å²) in [6.45, 7) is 8.33. The highest BCUT2D eigenvalue weighted by Crippen LogP contribution is 2.32. The van der Waals surface area contributed by atoms with Gasteiger partial charge in [0, 0.05) is 0 Å². The molecule has 1 atom stereocenters. The van der Waals surface area contributed by atoms with Gasteiger partial charge in [-0.05, 0) is 35.1 Å². The third kappa shape index (κ3) is 3.21. The molecule has 1 rings (SSSR count). The zero-order valence-corrected chi connectivity index (χ0v) is 11.7. The SMILES string of the molecule is COc1ccc(C(N=C=O)C(C)C)cc1C(C)C. The summed E-state index contributed by atoms with van der Waals surface area (Å²) in [6.07, 6.45) is 1.67. The van der Waals surface area contributed by atoms with Crippen LogP contribution < -0.4 is 4.74 Å². The molecule has 0 saturated carbocycles. The predicted molar refractivity (Wildman–Crippen MR) is 72.8 cm³/mol. The van der Waals surface area contributed by atoms with Crippen molar-refractivity contribution in [2.45, 2.75) is 39.7 Å². The summed E-state index contributed by atoms with van der Waals surface area (Å²) in [4.78, 5) is 14.4. The minimum Gasteiger partial charge on any atom is -0.496 e. The second-order valence-corrected chi connectivity index (χ2v) is 5.07. The lowest BCUT2D eigenvalue weighted by atomic mass is 9.92. The van der Waals surface area contributed by atoms with E-state index in [1.54, 1.807) is 13.2 Å². The first-order valence-corrected chi connectivity index (χ1v) is 6.26. The van der Waals surface area contributed by atoms with Crippen molar-refractivity contribution in [1.29, 1.82) is 0 Å². The van der Waals surface area contributed by atoms with E-state index in [1.165, 1.54) is 0 Å². The number of nitrogens with zero attached hydrogens (tertiary/aromatic N) is 1. The molecule has 0 radical (unpaired) electrons. The van der Waals surface area contributed by atoms with Crippen LogP contribution in [0.2, 0.25) is 0 Å². The van der Waals surface area contributed by atoms with Crippen molar-refractivity contribution in [3.63, 3.8) is 0 Å². The number of hydrogen-bond acceptors (Lipinski definition) is 3. The molecule has 0 aliphatic heterocycles. The predicted octanol–water partition coefficient (Wildman–Crippen LogP) is 3.85. The molecular weight excluding hydrogens is 226 g/mol. The Balaban J connectivity index is 3.25. The van der Waals surface area contributed by atoms with Crippen LogP contribution in [0, 0.1) is 5.92 Å². The van der Waals surface area contributed by atoms with E-state index in [0.717, 1.165) is 16.9 Å². The number of isocyanates is 1. The van der Waals surface area contributed by atoms with Crippen LogP contribution in [0.15, 0.2) is 23.2 Å². The second-order valence-electron chi connectivity index (χ2n) is 5.07. The van der Waals surface area contributed by atoms with Crippen LogP contribution >= 0.6 is 0 Å². The summed E-state index contributed by atoms with van der Waals surface area (Å²) in [5.41, 5.74) is 2.18. The molecule has 0 aromatic heterocycles. The number of methoxy groups -OCH3 is 1. The molecular formula is C15H21NO2. The van der Waals surface area contributed by atoms with Gasteiger partial charge in [0.05, 0.1) is 13.2 Å². The maximum Gasteiger partial charge on any atom is 0.235 e. The Morgan fingerprint density at radius 1 is 1.22 bits per heavy atom. The van der Waals surface area contributed by atoms with Crippen LogP contribution in [0.1, 0.15) is 50.8 Å². The van der Waals surface area contributed by atoms with Gasteiger partial charge >= 0.3 is 0 Å². The Kier molecular flexibility index (Phi) is 5.11. The van der Waals surface area contributed by atoms with Crippen LogP contribution in [-0.2, 0) is 4.79 Å². The van der Waals surface area contributed by atoms with Gasteiger partial charge in [0.1, 0.15) is 5.75 Å². The molecule has 0 aliphatic carbocycles. The number of ether oxygens (including phenoxy) is 1. The van der Waals surface area contributed by atoms with Crippen LogP contribution in [0.25, 0.3) is 0 Å². The summed E-state index contributed by atoms with van der Waals surface area (Å²) in [5.74, 6) is 1.51. The Hall–Kier alpha value is -1.60. The molecule has 98 valence electrons. The molecule has 1 unspecified atom stereocenters.